The fraction of sp³-hybridized carbons (Fsp3) is 0.636. The molecule has 0 radical (unpaired) electrons. The summed E-state index contributed by atoms with van der Waals surface area (Å²) in [5, 5.41) is 16.9. The molecule has 0 amide bonds. The average Bonchev–Trinajstić information content (AvgIpc) is 2.26. The van der Waals surface area contributed by atoms with E-state index in [0.29, 0.717) is 12.8 Å². The molecule has 0 aliphatic carbocycles. The number of ether oxygens (including phenoxy) is 1. The van der Waals surface area contributed by atoms with Crippen LogP contribution in [0.1, 0.15) is 32.6 Å². The Kier molecular flexibility index (Phi) is 12.5. The number of rotatable bonds is 7. The zero-order valence-electron chi connectivity index (χ0n) is 9.65. The molecule has 0 heterocycles. The second-order valence-electron chi connectivity index (χ2n) is 3.08. The second kappa shape index (κ2) is 11.7. The molecule has 5 nitrogen and oxygen atoms in total. The van der Waals surface area contributed by atoms with E-state index in [1.807, 2.05) is 0 Å². The molecule has 0 bridgehead atoms. The molecular formula is C11H20O5. The summed E-state index contributed by atoms with van der Waals surface area (Å²) >= 11 is 0. The lowest BCUT2D eigenvalue weighted by Crippen LogP contribution is -2.18. The lowest BCUT2D eigenvalue weighted by atomic mass is 10.2. The maximum absolute atomic E-state index is 11.0. The Balaban J connectivity index is 0. The van der Waals surface area contributed by atoms with E-state index >= 15 is 0 Å². The maximum Gasteiger partial charge on any atom is 0.306 e. The van der Waals surface area contributed by atoms with Crippen molar-refractivity contribution in [3.05, 3.63) is 13.2 Å². The molecule has 0 spiro atoms. The van der Waals surface area contributed by atoms with E-state index in [4.69, 9.17) is 14.9 Å². The molecule has 2 N–H and O–H groups in total. The van der Waals surface area contributed by atoms with Crippen molar-refractivity contribution in [1.29, 1.82) is 0 Å². The topological polar surface area (TPSA) is 83.8 Å². The number of hydrogen-bond acceptors (Lipinski definition) is 4. The molecule has 0 rings (SSSR count). The van der Waals surface area contributed by atoms with Crippen LogP contribution in [0.5, 0.6) is 0 Å². The van der Waals surface area contributed by atoms with E-state index in [2.05, 4.69) is 13.2 Å². The summed E-state index contributed by atoms with van der Waals surface area (Å²) in [7, 11) is 0. The van der Waals surface area contributed by atoms with Gasteiger partial charge in [-0.3, -0.25) is 9.59 Å². The van der Waals surface area contributed by atoms with Crippen LogP contribution in [0.15, 0.2) is 13.2 Å². The second-order valence-corrected chi connectivity index (χ2v) is 3.08. The van der Waals surface area contributed by atoms with Crippen molar-refractivity contribution in [2.45, 2.75) is 38.7 Å². The van der Waals surface area contributed by atoms with Gasteiger partial charge in [-0.05, 0) is 19.8 Å². The standard InChI is InChI=1S/C9H16O5.C2H4/c1-7(6-10)14-9(13)5-3-2-4-8(11)12;1-2/h7,10H,2-6H2,1H3,(H,11,12);1-2H2. The minimum absolute atomic E-state index is 0.0723. The first-order valence-electron chi connectivity index (χ1n) is 5.08. The summed E-state index contributed by atoms with van der Waals surface area (Å²) in [6.07, 6.45) is 0.767. The highest BCUT2D eigenvalue weighted by Gasteiger charge is 2.08. The van der Waals surface area contributed by atoms with Gasteiger partial charge in [-0.2, -0.15) is 0 Å². The summed E-state index contributed by atoms with van der Waals surface area (Å²) < 4.78 is 4.77. The van der Waals surface area contributed by atoms with Gasteiger partial charge in [0, 0.05) is 12.8 Å². The smallest absolute Gasteiger partial charge is 0.306 e. The van der Waals surface area contributed by atoms with Gasteiger partial charge in [-0.25, -0.2) is 0 Å². The summed E-state index contributed by atoms with van der Waals surface area (Å²) in [5.41, 5.74) is 0. The lowest BCUT2D eigenvalue weighted by Gasteiger charge is -2.09. The van der Waals surface area contributed by atoms with Gasteiger partial charge in [-0.15, -0.1) is 13.2 Å². The molecule has 0 aliphatic heterocycles. The molecule has 0 aromatic rings. The summed E-state index contributed by atoms with van der Waals surface area (Å²) in [4.78, 5) is 21.1. The average molecular weight is 232 g/mol. The molecule has 0 saturated carbocycles. The minimum Gasteiger partial charge on any atom is -0.481 e. The largest absolute Gasteiger partial charge is 0.481 e. The van der Waals surface area contributed by atoms with Gasteiger partial charge in [-0.1, -0.05) is 0 Å². The quantitative estimate of drug-likeness (QED) is 0.393. The van der Waals surface area contributed by atoms with Crippen LogP contribution in [0.25, 0.3) is 0 Å². The highest BCUT2D eigenvalue weighted by atomic mass is 16.5. The van der Waals surface area contributed by atoms with E-state index < -0.39 is 18.0 Å². The molecule has 0 aromatic heterocycles. The monoisotopic (exact) mass is 232 g/mol. The van der Waals surface area contributed by atoms with E-state index in [-0.39, 0.29) is 19.4 Å². The van der Waals surface area contributed by atoms with Crippen LogP contribution in [0.3, 0.4) is 0 Å². The number of aliphatic carboxylic acids is 1. The van der Waals surface area contributed by atoms with Crippen LogP contribution in [0.2, 0.25) is 0 Å². The normalized spacial score (nSPS) is 10.9. The molecule has 16 heavy (non-hydrogen) atoms. The molecule has 0 saturated heterocycles. The van der Waals surface area contributed by atoms with Crippen LogP contribution in [-0.4, -0.2) is 34.9 Å². The first-order chi connectivity index (χ1) is 7.56. The Morgan fingerprint density at radius 3 is 2.19 bits per heavy atom. The first-order valence-corrected chi connectivity index (χ1v) is 5.08. The predicted octanol–water partition coefficient (Wildman–Crippen LogP) is 1.36. The molecule has 0 fully saturated rings. The van der Waals surface area contributed by atoms with Crippen molar-refractivity contribution >= 4 is 11.9 Å². The number of carboxylic acid groups (broad SMARTS) is 1. The van der Waals surface area contributed by atoms with E-state index in [0.717, 1.165) is 0 Å². The Morgan fingerprint density at radius 1 is 1.25 bits per heavy atom. The van der Waals surface area contributed by atoms with Crippen LogP contribution in [-0.2, 0) is 14.3 Å². The van der Waals surface area contributed by atoms with Crippen LogP contribution >= 0.6 is 0 Å². The Labute approximate surface area is 95.7 Å². The number of unbranched alkanes of at least 4 members (excludes halogenated alkanes) is 1. The number of esters is 1. The number of aliphatic hydroxyl groups excluding tert-OH is 1. The van der Waals surface area contributed by atoms with Gasteiger partial charge in [0.15, 0.2) is 0 Å². The highest BCUT2D eigenvalue weighted by molar-refractivity contribution is 5.70. The summed E-state index contributed by atoms with van der Waals surface area (Å²) in [6, 6.07) is 0. The lowest BCUT2D eigenvalue weighted by molar-refractivity contribution is -0.150. The van der Waals surface area contributed by atoms with Gasteiger partial charge in [0.2, 0.25) is 0 Å². The van der Waals surface area contributed by atoms with Gasteiger partial charge in [0.05, 0.1) is 6.61 Å². The van der Waals surface area contributed by atoms with Crippen LogP contribution < -0.4 is 0 Å². The van der Waals surface area contributed by atoms with Gasteiger partial charge >= 0.3 is 11.9 Å². The van der Waals surface area contributed by atoms with Crippen molar-refractivity contribution in [2.75, 3.05) is 6.61 Å². The van der Waals surface area contributed by atoms with Crippen molar-refractivity contribution in [2.24, 2.45) is 0 Å². The number of carbonyl (C=O) groups is 2. The predicted molar refractivity (Wildman–Crippen MR) is 60.0 cm³/mol. The zero-order valence-corrected chi connectivity index (χ0v) is 9.65. The van der Waals surface area contributed by atoms with Crippen molar-refractivity contribution in [3.8, 4) is 0 Å². The third-order valence-electron chi connectivity index (χ3n) is 1.61. The molecule has 1 atom stereocenters. The van der Waals surface area contributed by atoms with Gasteiger partial charge < -0.3 is 14.9 Å². The summed E-state index contributed by atoms with van der Waals surface area (Å²) in [5.74, 6) is -1.25. The fourth-order valence-corrected chi connectivity index (χ4v) is 0.866. The number of aliphatic hydroxyl groups is 1. The number of carbonyl (C=O) groups excluding carboxylic acids is 1. The Bertz CT molecular complexity index is 203. The van der Waals surface area contributed by atoms with Crippen molar-refractivity contribution < 1.29 is 24.5 Å². The maximum atomic E-state index is 11.0. The van der Waals surface area contributed by atoms with Crippen LogP contribution in [0.4, 0.5) is 0 Å². The summed E-state index contributed by atoms with van der Waals surface area (Å²) in [6.45, 7) is 7.40. The number of carboxylic acids is 1. The Morgan fingerprint density at radius 2 is 1.75 bits per heavy atom. The molecule has 0 aromatic carbocycles. The fourth-order valence-electron chi connectivity index (χ4n) is 0.866. The first kappa shape index (κ1) is 17.0. The zero-order chi connectivity index (χ0) is 13.0. The van der Waals surface area contributed by atoms with Crippen LogP contribution in [0, 0.1) is 0 Å². The van der Waals surface area contributed by atoms with E-state index in [1.54, 1.807) is 6.92 Å². The third kappa shape index (κ3) is 12.6. The minimum atomic E-state index is -0.859. The van der Waals surface area contributed by atoms with E-state index in [9.17, 15) is 9.59 Å². The molecule has 0 aliphatic rings. The molecule has 5 heteroatoms. The third-order valence-corrected chi connectivity index (χ3v) is 1.61. The SMILES string of the molecule is C=C.CC(CO)OC(=O)CCCCC(=O)O. The van der Waals surface area contributed by atoms with Gasteiger partial charge in [0.1, 0.15) is 6.10 Å². The molecular weight excluding hydrogens is 212 g/mol. The Hall–Kier alpha value is -1.36. The molecule has 1 unspecified atom stereocenters. The highest BCUT2D eigenvalue weighted by Crippen LogP contribution is 2.02. The number of hydrogen-bond donors (Lipinski definition) is 2. The molecule has 94 valence electrons. The van der Waals surface area contributed by atoms with Crippen molar-refractivity contribution in [3.63, 3.8) is 0 Å². The van der Waals surface area contributed by atoms with E-state index in [1.165, 1.54) is 0 Å². The van der Waals surface area contributed by atoms with Crippen molar-refractivity contribution in [1.82, 2.24) is 0 Å². The van der Waals surface area contributed by atoms with Gasteiger partial charge in [0.25, 0.3) is 0 Å².